The molecule has 2 N–H and O–H groups in total. The van der Waals surface area contributed by atoms with E-state index in [-0.39, 0.29) is 17.7 Å². The lowest BCUT2D eigenvalue weighted by atomic mass is 9.83. The zero-order valence-electron chi connectivity index (χ0n) is 14.9. The number of nitrogens with two attached hydrogens (primary N) is 1. The minimum atomic E-state index is -1.33. The highest BCUT2D eigenvalue weighted by atomic mass is 35.5. The van der Waals surface area contributed by atoms with E-state index in [1.807, 2.05) is 0 Å². The standard InChI is InChI=1S/C17H19BClFN2O4/c1-16(2)17(3,4)26-18(25-16)14(20)13-10-7-9(19)5-6-11(10)22(15(13)24)8-12(21)23/h5-7H,8H2,1-4H3,(H2,21,23). The molecule has 0 bridgehead atoms. The maximum absolute atomic E-state index is 15.3. The van der Waals surface area contributed by atoms with Crippen LogP contribution in [0.1, 0.15) is 33.3 Å². The molecule has 1 saturated heterocycles. The summed E-state index contributed by atoms with van der Waals surface area (Å²) in [6.45, 7) is 6.77. The molecule has 0 aliphatic carbocycles. The van der Waals surface area contributed by atoms with Crippen molar-refractivity contribution in [2.24, 2.45) is 5.73 Å². The van der Waals surface area contributed by atoms with Gasteiger partial charge >= 0.3 is 7.12 Å². The van der Waals surface area contributed by atoms with Gasteiger partial charge in [-0.05, 0) is 45.9 Å². The van der Waals surface area contributed by atoms with Crippen molar-refractivity contribution < 1.29 is 23.3 Å². The summed E-state index contributed by atoms with van der Waals surface area (Å²) in [6, 6.07) is 4.57. The van der Waals surface area contributed by atoms with Crippen LogP contribution < -0.4 is 10.6 Å². The van der Waals surface area contributed by atoms with E-state index in [9.17, 15) is 9.59 Å². The molecular formula is C17H19BClFN2O4. The Morgan fingerprint density at radius 3 is 2.38 bits per heavy atom. The van der Waals surface area contributed by atoms with Gasteiger partial charge < -0.3 is 15.0 Å². The number of amides is 2. The van der Waals surface area contributed by atoms with Gasteiger partial charge in [0.05, 0.1) is 22.5 Å². The highest BCUT2D eigenvalue weighted by Crippen LogP contribution is 2.44. The third kappa shape index (κ3) is 2.92. The summed E-state index contributed by atoms with van der Waals surface area (Å²) in [5.41, 5.74) is 3.24. The molecule has 9 heteroatoms. The summed E-state index contributed by atoms with van der Waals surface area (Å²) in [5.74, 6) is -1.40. The van der Waals surface area contributed by atoms with Crippen LogP contribution in [0.15, 0.2) is 23.9 Å². The number of rotatable bonds is 3. The van der Waals surface area contributed by atoms with Crippen LogP contribution in [0.5, 0.6) is 0 Å². The predicted octanol–water partition coefficient (Wildman–Crippen LogP) is 2.48. The number of hydrogen-bond donors (Lipinski definition) is 1. The lowest BCUT2D eigenvalue weighted by Gasteiger charge is -2.32. The molecule has 2 aliphatic rings. The fourth-order valence-corrected chi connectivity index (χ4v) is 3.08. The van der Waals surface area contributed by atoms with Crippen molar-refractivity contribution in [1.82, 2.24) is 0 Å². The van der Waals surface area contributed by atoms with E-state index in [0.29, 0.717) is 10.7 Å². The van der Waals surface area contributed by atoms with Crippen molar-refractivity contribution in [3.63, 3.8) is 0 Å². The van der Waals surface area contributed by atoms with E-state index in [1.165, 1.54) is 6.07 Å². The molecule has 0 aromatic heterocycles. The van der Waals surface area contributed by atoms with Gasteiger partial charge in [0.1, 0.15) is 12.3 Å². The lowest BCUT2D eigenvalue weighted by molar-refractivity contribution is -0.119. The number of halogens is 2. The molecule has 26 heavy (non-hydrogen) atoms. The zero-order valence-corrected chi connectivity index (χ0v) is 15.7. The molecule has 0 atom stereocenters. The SMILES string of the molecule is CC1(C)OB(C(F)=C2C(=O)N(CC(N)=O)c3ccc(Cl)cc32)OC1(C)C. The number of hydrogen-bond acceptors (Lipinski definition) is 4. The van der Waals surface area contributed by atoms with Gasteiger partial charge in [0.2, 0.25) is 5.91 Å². The Labute approximate surface area is 156 Å². The van der Waals surface area contributed by atoms with Crippen LogP contribution in [0.2, 0.25) is 5.02 Å². The Bertz CT molecular complexity index is 824. The van der Waals surface area contributed by atoms with Gasteiger partial charge in [-0.3, -0.25) is 14.5 Å². The van der Waals surface area contributed by atoms with Crippen molar-refractivity contribution in [3.05, 3.63) is 34.5 Å². The third-order valence-corrected chi connectivity index (χ3v) is 5.23. The van der Waals surface area contributed by atoms with E-state index in [1.54, 1.807) is 39.8 Å². The first-order chi connectivity index (χ1) is 11.9. The van der Waals surface area contributed by atoms with E-state index >= 15 is 4.39 Å². The average Bonchev–Trinajstić information content (AvgIpc) is 2.88. The molecule has 1 aromatic carbocycles. The molecule has 6 nitrogen and oxygen atoms in total. The second-order valence-corrected chi connectivity index (χ2v) is 7.77. The van der Waals surface area contributed by atoms with Crippen molar-refractivity contribution in [3.8, 4) is 0 Å². The van der Waals surface area contributed by atoms with Crippen LogP contribution in [-0.4, -0.2) is 36.7 Å². The van der Waals surface area contributed by atoms with Crippen LogP contribution in [0.3, 0.4) is 0 Å². The molecule has 0 radical (unpaired) electrons. The molecule has 0 saturated carbocycles. The Kier molecular flexibility index (Phi) is 4.41. The Morgan fingerprint density at radius 1 is 1.27 bits per heavy atom. The van der Waals surface area contributed by atoms with Crippen LogP contribution in [0, 0.1) is 0 Å². The van der Waals surface area contributed by atoms with Crippen molar-refractivity contribution in [1.29, 1.82) is 0 Å². The second-order valence-electron chi connectivity index (χ2n) is 7.33. The summed E-state index contributed by atoms with van der Waals surface area (Å²) in [5, 5.41) is 0.330. The van der Waals surface area contributed by atoms with Gasteiger partial charge in [0.25, 0.3) is 5.91 Å². The summed E-state index contributed by atoms with van der Waals surface area (Å²) >= 11 is 6.02. The van der Waals surface area contributed by atoms with E-state index in [0.717, 1.165) is 4.90 Å². The van der Waals surface area contributed by atoms with Crippen LogP contribution in [0.25, 0.3) is 5.57 Å². The topological polar surface area (TPSA) is 81.9 Å². The summed E-state index contributed by atoms with van der Waals surface area (Å²) in [7, 11) is -1.33. The molecule has 0 unspecified atom stereocenters. The number of fused-ring (bicyclic) bond motifs is 1. The first-order valence-electron chi connectivity index (χ1n) is 8.10. The quantitative estimate of drug-likeness (QED) is 0.645. The fourth-order valence-electron chi connectivity index (χ4n) is 2.91. The van der Waals surface area contributed by atoms with Gasteiger partial charge in [-0.1, -0.05) is 11.6 Å². The van der Waals surface area contributed by atoms with Crippen molar-refractivity contribution in [2.75, 3.05) is 11.4 Å². The normalized spacial score (nSPS) is 22.6. The van der Waals surface area contributed by atoms with Gasteiger partial charge in [-0.15, -0.1) is 0 Å². The minimum absolute atomic E-state index is 0.234. The van der Waals surface area contributed by atoms with Crippen LogP contribution in [-0.2, 0) is 18.9 Å². The van der Waals surface area contributed by atoms with Gasteiger partial charge in [-0.25, -0.2) is 4.39 Å². The largest absolute Gasteiger partial charge is 0.526 e. The van der Waals surface area contributed by atoms with Crippen molar-refractivity contribution >= 4 is 41.8 Å². The zero-order chi connectivity index (χ0) is 19.4. The van der Waals surface area contributed by atoms with Crippen LogP contribution in [0.4, 0.5) is 10.1 Å². The third-order valence-electron chi connectivity index (χ3n) is 4.99. The summed E-state index contributed by atoms with van der Waals surface area (Å²) in [4.78, 5) is 25.2. The fraction of sp³-hybridized carbons (Fsp3) is 0.412. The minimum Gasteiger partial charge on any atom is -0.398 e. The predicted molar refractivity (Wildman–Crippen MR) is 97.1 cm³/mol. The molecule has 3 rings (SSSR count). The monoisotopic (exact) mass is 380 g/mol. The van der Waals surface area contributed by atoms with E-state index in [4.69, 9.17) is 26.6 Å². The Morgan fingerprint density at radius 2 is 1.85 bits per heavy atom. The molecular weight excluding hydrogens is 361 g/mol. The first kappa shape index (κ1) is 18.9. The molecule has 1 fully saturated rings. The molecule has 138 valence electrons. The smallest absolute Gasteiger partial charge is 0.398 e. The highest BCUT2D eigenvalue weighted by Gasteiger charge is 2.54. The number of carbonyl (C=O) groups is 2. The lowest BCUT2D eigenvalue weighted by Crippen LogP contribution is -2.41. The van der Waals surface area contributed by atoms with E-state index < -0.39 is 35.9 Å². The maximum Gasteiger partial charge on any atom is 0.526 e. The number of anilines is 1. The molecule has 1 aromatic rings. The molecule has 2 amide bonds. The number of primary amides is 1. The molecule has 0 spiro atoms. The van der Waals surface area contributed by atoms with E-state index in [2.05, 4.69) is 0 Å². The number of nitrogens with zero attached hydrogens (tertiary/aromatic N) is 1. The summed E-state index contributed by atoms with van der Waals surface area (Å²) in [6.07, 6.45) is 0. The number of carbonyl (C=O) groups excluding carboxylic acids is 2. The van der Waals surface area contributed by atoms with Gasteiger partial charge in [0, 0.05) is 10.6 Å². The highest BCUT2D eigenvalue weighted by molar-refractivity contribution is 6.58. The average molecular weight is 381 g/mol. The Balaban J connectivity index is 2.10. The molecule has 2 heterocycles. The molecule has 2 aliphatic heterocycles. The maximum atomic E-state index is 15.3. The van der Waals surface area contributed by atoms with Crippen molar-refractivity contribution in [2.45, 2.75) is 38.9 Å². The summed E-state index contributed by atoms with van der Waals surface area (Å²) < 4.78 is 26.7. The Hall–Kier alpha value is -1.90. The van der Waals surface area contributed by atoms with Gasteiger partial charge in [0.15, 0.2) is 0 Å². The van der Waals surface area contributed by atoms with Gasteiger partial charge in [-0.2, -0.15) is 0 Å². The second kappa shape index (κ2) is 6.08. The first-order valence-corrected chi connectivity index (χ1v) is 8.48. The number of benzene rings is 1. The van der Waals surface area contributed by atoms with Crippen LogP contribution >= 0.6 is 11.6 Å².